The first-order valence-corrected chi connectivity index (χ1v) is 9.58. The van der Waals surface area contributed by atoms with Gasteiger partial charge in [-0.25, -0.2) is 0 Å². The van der Waals surface area contributed by atoms with Crippen LogP contribution >= 0.6 is 0 Å². The Morgan fingerprint density at radius 3 is 1.57 bits per heavy atom. The molecule has 0 aliphatic heterocycles. The molecule has 0 rings (SSSR count). The van der Waals surface area contributed by atoms with E-state index in [-0.39, 0.29) is 5.91 Å². The summed E-state index contributed by atoms with van der Waals surface area (Å²) >= 11 is 0. The van der Waals surface area contributed by atoms with E-state index in [1.54, 1.807) is 0 Å². The van der Waals surface area contributed by atoms with Crippen molar-refractivity contribution < 1.29 is 4.79 Å². The lowest BCUT2D eigenvalue weighted by atomic mass is 10.1. The first-order chi connectivity index (χ1) is 10.3. The molecule has 0 heterocycles. The van der Waals surface area contributed by atoms with Crippen LogP contribution in [0.2, 0.25) is 0 Å². The molecule has 0 aromatic heterocycles. The van der Waals surface area contributed by atoms with Crippen molar-refractivity contribution in [3.63, 3.8) is 0 Å². The third-order valence-electron chi connectivity index (χ3n) is 4.11. The van der Waals surface area contributed by atoms with E-state index in [4.69, 9.17) is 0 Å². The lowest BCUT2D eigenvalue weighted by molar-refractivity contribution is -0.121. The molecule has 2 nitrogen and oxygen atoms in total. The second-order valence-electron chi connectivity index (χ2n) is 6.34. The minimum Gasteiger partial charge on any atom is -0.356 e. The predicted octanol–water partition coefficient (Wildman–Crippen LogP) is 5.99. The first-order valence-electron chi connectivity index (χ1n) is 9.58. The first kappa shape index (κ1) is 20.5. The van der Waals surface area contributed by atoms with E-state index in [9.17, 15) is 4.79 Å². The number of carbonyl (C=O) groups excluding carboxylic acids is 1. The van der Waals surface area contributed by atoms with E-state index in [2.05, 4.69) is 19.2 Å². The molecule has 0 unspecified atom stereocenters. The second kappa shape index (κ2) is 17.5. The summed E-state index contributed by atoms with van der Waals surface area (Å²) in [5.74, 6) is 0.259. The highest BCUT2D eigenvalue weighted by atomic mass is 16.1. The van der Waals surface area contributed by atoms with Crippen LogP contribution in [0.4, 0.5) is 0 Å². The van der Waals surface area contributed by atoms with Crippen molar-refractivity contribution in [1.29, 1.82) is 0 Å². The van der Waals surface area contributed by atoms with Crippen LogP contribution in [0, 0.1) is 0 Å². The van der Waals surface area contributed by atoms with E-state index in [0.29, 0.717) is 0 Å². The fourth-order valence-corrected chi connectivity index (χ4v) is 2.64. The van der Waals surface area contributed by atoms with Gasteiger partial charge in [0.15, 0.2) is 0 Å². The van der Waals surface area contributed by atoms with Crippen LogP contribution < -0.4 is 5.32 Å². The van der Waals surface area contributed by atoms with Crippen LogP contribution in [0.5, 0.6) is 0 Å². The number of nitrogens with one attached hydrogen (secondary N) is 1. The van der Waals surface area contributed by atoms with Crippen LogP contribution in [-0.4, -0.2) is 12.5 Å². The van der Waals surface area contributed by atoms with Crippen molar-refractivity contribution in [2.24, 2.45) is 0 Å². The van der Waals surface area contributed by atoms with Crippen LogP contribution in [0.1, 0.15) is 110 Å². The number of hydrogen-bond donors (Lipinski definition) is 1. The number of hydrogen-bond acceptors (Lipinski definition) is 1. The van der Waals surface area contributed by atoms with Crippen molar-refractivity contribution in [2.45, 2.75) is 110 Å². The summed E-state index contributed by atoms with van der Waals surface area (Å²) in [5.41, 5.74) is 0. The Kier molecular flexibility index (Phi) is 17.1. The number of rotatable bonds is 16. The molecule has 0 fully saturated rings. The topological polar surface area (TPSA) is 29.1 Å². The molecule has 0 aromatic carbocycles. The summed E-state index contributed by atoms with van der Waals surface area (Å²) in [7, 11) is 0. The van der Waals surface area contributed by atoms with Gasteiger partial charge >= 0.3 is 0 Å². The molecule has 0 saturated carbocycles. The molecular weight excluding hydrogens is 258 g/mol. The molecule has 0 aromatic rings. The standard InChI is InChI=1S/C19H39NO/c1-3-5-7-9-11-12-13-15-17-19(21)20-18-16-14-10-8-6-4-2/h3-18H2,1-2H3,(H,20,21). The Labute approximate surface area is 133 Å². The lowest BCUT2D eigenvalue weighted by Crippen LogP contribution is -2.23. The van der Waals surface area contributed by atoms with Gasteiger partial charge in [0, 0.05) is 13.0 Å². The van der Waals surface area contributed by atoms with Crippen molar-refractivity contribution in [3.8, 4) is 0 Å². The van der Waals surface area contributed by atoms with Crippen LogP contribution in [0.25, 0.3) is 0 Å². The molecule has 0 aliphatic carbocycles. The van der Waals surface area contributed by atoms with Gasteiger partial charge in [-0.05, 0) is 12.8 Å². The van der Waals surface area contributed by atoms with Crippen LogP contribution in [0.15, 0.2) is 0 Å². The van der Waals surface area contributed by atoms with Crippen LogP contribution in [-0.2, 0) is 4.79 Å². The van der Waals surface area contributed by atoms with Crippen molar-refractivity contribution in [3.05, 3.63) is 0 Å². The van der Waals surface area contributed by atoms with Gasteiger partial charge in [-0.15, -0.1) is 0 Å². The minimum atomic E-state index is 0.259. The Balaban J connectivity index is 3.13. The molecule has 21 heavy (non-hydrogen) atoms. The maximum absolute atomic E-state index is 11.6. The molecule has 126 valence electrons. The SMILES string of the molecule is CCCCCCCCCCC(=O)NCCCCCCCC. The summed E-state index contributed by atoms with van der Waals surface area (Å²) < 4.78 is 0. The van der Waals surface area contributed by atoms with E-state index in [1.807, 2.05) is 0 Å². The molecule has 0 spiro atoms. The van der Waals surface area contributed by atoms with Crippen molar-refractivity contribution in [1.82, 2.24) is 5.32 Å². The molecule has 0 bridgehead atoms. The third-order valence-corrected chi connectivity index (χ3v) is 4.11. The molecule has 0 radical (unpaired) electrons. The number of carbonyl (C=O) groups is 1. The zero-order valence-corrected chi connectivity index (χ0v) is 14.7. The van der Waals surface area contributed by atoms with Gasteiger partial charge in [-0.3, -0.25) is 4.79 Å². The number of amides is 1. The van der Waals surface area contributed by atoms with E-state index >= 15 is 0 Å². The molecule has 1 N–H and O–H groups in total. The quantitative estimate of drug-likeness (QED) is 0.348. The Morgan fingerprint density at radius 2 is 1.05 bits per heavy atom. The minimum absolute atomic E-state index is 0.259. The summed E-state index contributed by atoms with van der Waals surface area (Å²) in [5, 5.41) is 3.05. The van der Waals surface area contributed by atoms with Crippen LogP contribution in [0.3, 0.4) is 0 Å². The molecule has 1 amide bonds. The van der Waals surface area contributed by atoms with Crippen molar-refractivity contribution >= 4 is 5.91 Å². The summed E-state index contributed by atoms with van der Waals surface area (Å²) in [6.07, 6.45) is 18.8. The highest BCUT2D eigenvalue weighted by Gasteiger charge is 2.00. The van der Waals surface area contributed by atoms with E-state index in [0.717, 1.165) is 25.8 Å². The maximum Gasteiger partial charge on any atom is 0.219 e. The number of unbranched alkanes of at least 4 members (excludes halogenated alkanes) is 12. The average Bonchev–Trinajstić information content (AvgIpc) is 2.49. The van der Waals surface area contributed by atoms with Gasteiger partial charge in [0.05, 0.1) is 0 Å². The zero-order valence-electron chi connectivity index (χ0n) is 14.7. The monoisotopic (exact) mass is 297 g/mol. The van der Waals surface area contributed by atoms with Gasteiger partial charge in [-0.1, -0.05) is 90.9 Å². The van der Waals surface area contributed by atoms with Gasteiger partial charge in [0.1, 0.15) is 0 Å². The average molecular weight is 298 g/mol. The summed E-state index contributed by atoms with van der Waals surface area (Å²) in [6.45, 7) is 5.37. The fourth-order valence-electron chi connectivity index (χ4n) is 2.64. The Bertz CT molecular complexity index is 216. The van der Waals surface area contributed by atoms with Gasteiger partial charge in [0.2, 0.25) is 5.91 Å². The predicted molar refractivity (Wildman–Crippen MR) is 93.6 cm³/mol. The van der Waals surface area contributed by atoms with Gasteiger partial charge in [0.25, 0.3) is 0 Å². The van der Waals surface area contributed by atoms with E-state index < -0.39 is 0 Å². The molecular formula is C19H39NO. The third kappa shape index (κ3) is 17.4. The molecule has 0 aliphatic rings. The normalized spacial score (nSPS) is 10.8. The second-order valence-corrected chi connectivity index (χ2v) is 6.34. The Hall–Kier alpha value is -0.530. The smallest absolute Gasteiger partial charge is 0.219 e. The maximum atomic E-state index is 11.6. The summed E-state index contributed by atoms with van der Waals surface area (Å²) in [6, 6.07) is 0. The highest BCUT2D eigenvalue weighted by Crippen LogP contribution is 2.09. The lowest BCUT2D eigenvalue weighted by Gasteiger charge is -2.05. The zero-order chi connectivity index (χ0) is 15.6. The highest BCUT2D eigenvalue weighted by molar-refractivity contribution is 5.75. The van der Waals surface area contributed by atoms with E-state index in [1.165, 1.54) is 77.0 Å². The summed E-state index contributed by atoms with van der Waals surface area (Å²) in [4.78, 5) is 11.6. The Morgan fingerprint density at radius 1 is 0.619 bits per heavy atom. The largest absolute Gasteiger partial charge is 0.356 e. The van der Waals surface area contributed by atoms with Gasteiger partial charge in [-0.2, -0.15) is 0 Å². The van der Waals surface area contributed by atoms with Gasteiger partial charge < -0.3 is 5.32 Å². The van der Waals surface area contributed by atoms with Crippen molar-refractivity contribution in [2.75, 3.05) is 6.54 Å². The fraction of sp³-hybridized carbons (Fsp3) is 0.947. The molecule has 0 saturated heterocycles. The molecule has 0 atom stereocenters. The molecule has 2 heteroatoms.